The minimum absolute atomic E-state index is 0.460. The molecule has 1 aromatic carbocycles. The second-order valence-electron chi connectivity index (χ2n) is 3.44. The molecule has 0 fully saturated rings. The van der Waals surface area contributed by atoms with Gasteiger partial charge in [-0.3, -0.25) is 4.21 Å². The highest BCUT2D eigenvalue weighted by Gasteiger charge is 2.10. The van der Waals surface area contributed by atoms with Crippen LogP contribution in [0, 0.1) is 6.92 Å². The topological polar surface area (TPSA) is 56.0 Å². The lowest BCUT2D eigenvalue weighted by Gasteiger charge is -2.05. The van der Waals surface area contributed by atoms with Gasteiger partial charge in [0.1, 0.15) is 5.01 Å². The molecule has 0 saturated heterocycles. The summed E-state index contributed by atoms with van der Waals surface area (Å²) in [6.45, 7) is 1.94. The van der Waals surface area contributed by atoms with E-state index in [9.17, 15) is 4.21 Å². The Morgan fingerprint density at radius 1 is 1.50 bits per heavy atom. The van der Waals surface area contributed by atoms with Crippen molar-refractivity contribution in [2.24, 2.45) is 0 Å². The predicted molar refractivity (Wildman–Crippen MR) is 67.8 cm³/mol. The number of aromatic nitrogens is 1. The van der Waals surface area contributed by atoms with Crippen LogP contribution in [0.2, 0.25) is 0 Å². The van der Waals surface area contributed by atoms with Gasteiger partial charge < -0.3 is 5.73 Å². The first-order chi connectivity index (χ1) is 7.66. The monoisotopic (exact) mass is 252 g/mol. The summed E-state index contributed by atoms with van der Waals surface area (Å²) in [6.07, 6.45) is 1.73. The number of nitrogens with zero attached hydrogens (tertiary/aromatic N) is 1. The molecule has 3 nitrogen and oxygen atoms in total. The minimum Gasteiger partial charge on any atom is -0.399 e. The standard InChI is InChI=1S/C11H12N2OS2/c1-8-2-3-9(12)6-10(8)16(14)7-11-13-4-5-15-11/h2-6H,7,12H2,1H3. The molecule has 0 saturated carbocycles. The SMILES string of the molecule is Cc1ccc(N)cc1S(=O)Cc1nccs1. The van der Waals surface area contributed by atoms with Crippen molar-refractivity contribution in [2.45, 2.75) is 17.6 Å². The summed E-state index contributed by atoms with van der Waals surface area (Å²) in [5, 5.41) is 2.78. The Labute approximate surface area is 101 Å². The molecule has 1 aromatic heterocycles. The molecule has 2 N–H and O–H groups in total. The second kappa shape index (κ2) is 4.76. The van der Waals surface area contributed by atoms with Gasteiger partial charge in [0.25, 0.3) is 0 Å². The van der Waals surface area contributed by atoms with Crippen molar-refractivity contribution >= 4 is 27.8 Å². The van der Waals surface area contributed by atoms with E-state index in [2.05, 4.69) is 4.98 Å². The summed E-state index contributed by atoms with van der Waals surface area (Å²) in [5.41, 5.74) is 7.34. The Balaban J connectivity index is 2.24. The van der Waals surface area contributed by atoms with Crippen LogP contribution in [0.4, 0.5) is 5.69 Å². The van der Waals surface area contributed by atoms with Gasteiger partial charge in [0, 0.05) is 22.2 Å². The van der Waals surface area contributed by atoms with E-state index < -0.39 is 10.8 Å². The maximum atomic E-state index is 12.1. The average molecular weight is 252 g/mol. The van der Waals surface area contributed by atoms with Crippen molar-refractivity contribution in [1.82, 2.24) is 4.98 Å². The van der Waals surface area contributed by atoms with E-state index in [1.54, 1.807) is 12.3 Å². The van der Waals surface area contributed by atoms with Crippen LogP contribution in [0.1, 0.15) is 10.6 Å². The van der Waals surface area contributed by atoms with Gasteiger partial charge in [-0.05, 0) is 24.6 Å². The summed E-state index contributed by atoms with van der Waals surface area (Å²) in [6, 6.07) is 5.49. The van der Waals surface area contributed by atoms with Crippen LogP contribution in [-0.4, -0.2) is 9.19 Å². The Hall–Kier alpha value is -1.20. The van der Waals surface area contributed by atoms with Gasteiger partial charge in [-0.15, -0.1) is 11.3 Å². The van der Waals surface area contributed by atoms with Gasteiger partial charge in [0.15, 0.2) is 0 Å². The molecular weight excluding hydrogens is 240 g/mol. The predicted octanol–water partition coefficient (Wildman–Crippen LogP) is 2.34. The highest BCUT2D eigenvalue weighted by Crippen LogP contribution is 2.20. The highest BCUT2D eigenvalue weighted by molar-refractivity contribution is 7.84. The van der Waals surface area contributed by atoms with Crippen LogP contribution in [0.15, 0.2) is 34.7 Å². The van der Waals surface area contributed by atoms with Gasteiger partial charge in [-0.25, -0.2) is 4.98 Å². The third kappa shape index (κ3) is 2.48. The number of anilines is 1. The third-order valence-corrected chi connectivity index (χ3v) is 4.62. The smallest absolute Gasteiger partial charge is 0.105 e. The van der Waals surface area contributed by atoms with Crippen LogP contribution in [0.25, 0.3) is 0 Å². The minimum atomic E-state index is -1.07. The average Bonchev–Trinajstić information content (AvgIpc) is 2.74. The molecule has 16 heavy (non-hydrogen) atoms. The van der Waals surface area contributed by atoms with E-state index in [4.69, 9.17) is 5.73 Å². The van der Waals surface area contributed by atoms with Crippen molar-refractivity contribution < 1.29 is 4.21 Å². The van der Waals surface area contributed by atoms with E-state index in [-0.39, 0.29) is 0 Å². The Morgan fingerprint density at radius 3 is 3.00 bits per heavy atom. The molecule has 0 radical (unpaired) electrons. The Kier molecular flexibility index (Phi) is 3.36. The summed E-state index contributed by atoms with van der Waals surface area (Å²) < 4.78 is 12.1. The molecule has 0 bridgehead atoms. The zero-order valence-corrected chi connectivity index (χ0v) is 10.5. The van der Waals surface area contributed by atoms with Gasteiger partial charge >= 0.3 is 0 Å². The first kappa shape index (κ1) is 11.3. The third-order valence-electron chi connectivity index (χ3n) is 2.20. The number of aryl methyl sites for hydroxylation is 1. The van der Waals surface area contributed by atoms with Crippen molar-refractivity contribution in [1.29, 1.82) is 0 Å². The fourth-order valence-electron chi connectivity index (χ4n) is 1.38. The van der Waals surface area contributed by atoms with Gasteiger partial charge in [-0.2, -0.15) is 0 Å². The molecule has 2 rings (SSSR count). The number of benzene rings is 1. The molecule has 0 spiro atoms. The van der Waals surface area contributed by atoms with E-state index in [0.717, 1.165) is 15.5 Å². The molecule has 1 unspecified atom stereocenters. The van der Waals surface area contributed by atoms with Gasteiger partial charge in [0.2, 0.25) is 0 Å². The largest absolute Gasteiger partial charge is 0.399 e. The Bertz CT molecular complexity index is 509. The number of nitrogen functional groups attached to an aromatic ring is 1. The molecule has 5 heteroatoms. The normalized spacial score (nSPS) is 12.6. The van der Waals surface area contributed by atoms with Crippen LogP contribution in [-0.2, 0) is 16.6 Å². The first-order valence-corrected chi connectivity index (χ1v) is 6.99. The number of rotatable bonds is 3. The molecule has 0 aliphatic heterocycles. The lowest BCUT2D eigenvalue weighted by molar-refractivity contribution is 0.682. The second-order valence-corrected chi connectivity index (χ2v) is 5.84. The number of thiazole rings is 1. The molecule has 1 atom stereocenters. The van der Waals surface area contributed by atoms with Crippen molar-refractivity contribution in [3.63, 3.8) is 0 Å². The fourth-order valence-corrected chi connectivity index (χ4v) is 3.52. The summed E-state index contributed by atoms with van der Waals surface area (Å²) >= 11 is 1.52. The highest BCUT2D eigenvalue weighted by atomic mass is 32.2. The summed E-state index contributed by atoms with van der Waals surface area (Å²) in [7, 11) is -1.07. The lowest BCUT2D eigenvalue weighted by atomic mass is 10.2. The zero-order chi connectivity index (χ0) is 11.5. The molecule has 84 valence electrons. The van der Waals surface area contributed by atoms with Gasteiger partial charge in [-0.1, -0.05) is 6.07 Å². The maximum absolute atomic E-state index is 12.1. The summed E-state index contributed by atoms with van der Waals surface area (Å²) in [5.74, 6) is 0.460. The molecular formula is C11H12N2OS2. The van der Waals surface area contributed by atoms with Crippen LogP contribution < -0.4 is 5.73 Å². The first-order valence-electron chi connectivity index (χ1n) is 4.79. The zero-order valence-electron chi connectivity index (χ0n) is 8.84. The summed E-state index contributed by atoms with van der Waals surface area (Å²) in [4.78, 5) is 4.93. The van der Waals surface area contributed by atoms with Crippen molar-refractivity contribution in [3.05, 3.63) is 40.3 Å². The van der Waals surface area contributed by atoms with E-state index in [0.29, 0.717) is 11.4 Å². The number of hydrogen-bond acceptors (Lipinski definition) is 4. The van der Waals surface area contributed by atoms with Crippen molar-refractivity contribution in [3.8, 4) is 0 Å². The quantitative estimate of drug-likeness (QED) is 0.853. The van der Waals surface area contributed by atoms with E-state index >= 15 is 0 Å². The molecule has 0 aliphatic carbocycles. The maximum Gasteiger partial charge on any atom is 0.105 e. The molecule has 0 amide bonds. The number of nitrogens with two attached hydrogens (primary N) is 1. The molecule has 2 aromatic rings. The van der Waals surface area contributed by atoms with E-state index in [1.807, 2.05) is 24.4 Å². The van der Waals surface area contributed by atoms with Crippen LogP contribution in [0.5, 0.6) is 0 Å². The molecule has 1 heterocycles. The van der Waals surface area contributed by atoms with Gasteiger partial charge in [0.05, 0.1) is 16.6 Å². The van der Waals surface area contributed by atoms with Crippen LogP contribution >= 0.6 is 11.3 Å². The van der Waals surface area contributed by atoms with Crippen LogP contribution in [0.3, 0.4) is 0 Å². The Morgan fingerprint density at radius 2 is 2.31 bits per heavy atom. The molecule has 0 aliphatic rings. The lowest BCUT2D eigenvalue weighted by Crippen LogP contribution is -1.99. The van der Waals surface area contributed by atoms with E-state index in [1.165, 1.54) is 11.3 Å². The number of hydrogen-bond donors (Lipinski definition) is 1. The van der Waals surface area contributed by atoms with Crippen molar-refractivity contribution in [2.75, 3.05) is 5.73 Å². The fraction of sp³-hybridized carbons (Fsp3) is 0.182.